The van der Waals surface area contributed by atoms with E-state index in [1.807, 2.05) is 13.0 Å². The van der Waals surface area contributed by atoms with Crippen LogP contribution in [0.5, 0.6) is 5.75 Å². The lowest BCUT2D eigenvalue weighted by molar-refractivity contribution is -0.123. The zero-order valence-corrected chi connectivity index (χ0v) is 16.5. The third-order valence-corrected chi connectivity index (χ3v) is 5.66. The number of carbonyl (C=O) groups is 2. The Morgan fingerprint density at radius 1 is 1.18 bits per heavy atom. The van der Waals surface area contributed by atoms with Crippen LogP contribution in [-0.4, -0.2) is 33.1 Å². The summed E-state index contributed by atoms with van der Waals surface area (Å²) >= 11 is 0. The first-order valence-corrected chi connectivity index (χ1v) is 10.8. The van der Waals surface area contributed by atoms with Gasteiger partial charge in [-0.2, -0.15) is 0 Å². The number of rotatable bonds is 6. The van der Waals surface area contributed by atoms with Crippen molar-refractivity contribution in [1.29, 1.82) is 0 Å². The number of hydrogen-bond acceptors (Lipinski definition) is 5. The lowest BCUT2D eigenvalue weighted by atomic mass is 10.0. The van der Waals surface area contributed by atoms with Gasteiger partial charge in [-0.1, -0.05) is 12.1 Å². The van der Waals surface area contributed by atoms with E-state index >= 15 is 0 Å². The molecule has 3 rings (SSSR count). The Morgan fingerprint density at radius 3 is 2.57 bits per heavy atom. The molecule has 1 heterocycles. The first kappa shape index (κ1) is 19.9. The van der Waals surface area contributed by atoms with Gasteiger partial charge in [-0.05, 0) is 54.8 Å². The third kappa shape index (κ3) is 4.89. The number of benzene rings is 2. The van der Waals surface area contributed by atoms with E-state index in [9.17, 15) is 18.0 Å². The van der Waals surface area contributed by atoms with Crippen molar-refractivity contribution in [1.82, 2.24) is 5.32 Å². The smallest absolute Gasteiger partial charge is 0.258 e. The van der Waals surface area contributed by atoms with Crippen molar-refractivity contribution in [2.75, 3.05) is 18.2 Å². The van der Waals surface area contributed by atoms with E-state index in [-0.39, 0.29) is 29.4 Å². The van der Waals surface area contributed by atoms with Crippen LogP contribution in [0.15, 0.2) is 47.4 Å². The molecule has 0 bridgehead atoms. The number of amides is 2. The van der Waals surface area contributed by atoms with Gasteiger partial charge in [0.25, 0.3) is 5.91 Å². The summed E-state index contributed by atoms with van der Waals surface area (Å²) in [5.41, 5.74) is 2.56. The highest BCUT2D eigenvalue weighted by Crippen LogP contribution is 2.26. The molecule has 0 aliphatic carbocycles. The molecule has 0 fully saturated rings. The standard InChI is InChI=1S/C20H22N2O5S/c1-13(14-3-7-17(8-4-14)28(2,25)26)21-20(24)12-27-16-6-9-18-15(11-16)5-10-19(23)22-18/h3-4,6-9,11,13H,5,10,12H2,1-2H3,(H,21,24)(H,22,23). The second kappa shape index (κ2) is 8.02. The summed E-state index contributed by atoms with van der Waals surface area (Å²) in [6.07, 6.45) is 2.23. The maximum Gasteiger partial charge on any atom is 0.258 e. The minimum absolute atomic E-state index is 0.000831. The molecule has 28 heavy (non-hydrogen) atoms. The minimum atomic E-state index is -3.25. The fourth-order valence-corrected chi connectivity index (χ4v) is 3.60. The molecule has 2 aromatic rings. The molecule has 7 nitrogen and oxygen atoms in total. The molecule has 8 heteroatoms. The predicted molar refractivity (Wildman–Crippen MR) is 105 cm³/mol. The van der Waals surface area contributed by atoms with Crippen LogP contribution in [0.4, 0.5) is 5.69 Å². The van der Waals surface area contributed by atoms with Crippen molar-refractivity contribution in [2.24, 2.45) is 0 Å². The quantitative estimate of drug-likeness (QED) is 0.772. The summed E-state index contributed by atoms with van der Waals surface area (Å²) in [5, 5.41) is 5.62. The molecule has 2 aromatic carbocycles. The van der Waals surface area contributed by atoms with Crippen LogP contribution in [0.3, 0.4) is 0 Å². The van der Waals surface area contributed by atoms with Gasteiger partial charge in [0.05, 0.1) is 10.9 Å². The van der Waals surface area contributed by atoms with E-state index in [2.05, 4.69) is 10.6 Å². The number of carbonyl (C=O) groups excluding carboxylic acids is 2. The molecule has 1 atom stereocenters. The number of sulfone groups is 1. The number of anilines is 1. The Kier molecular flexibility index (Phi) is 5.69. The summed E-state index contributed by atoms with van der Waals surface area (Å²) in [7, 11) is -3.25. The van der Waals surface area contributed by atoms with E-state index in [0.29, 0.717) is 18.6 Å². The van der Waals surface area contributed by atoms with Gasteiger partial charge >= 0.3 is 0 Å². The lowest BCUT2D eigenvalue weighted by Gasteiger charge is -2.18. The highest BCUT2D eigenvalue weighted by atomic mass is 32.2. The van der Waals surface area contributed by atoms with Gasteiger partial charge in [0, 0.05) is 18.4 Å². The molecule has 0 radical (unpaired) electrons. The van der Waals surface area contributed by atoms with Crippen molar-refractivity contribution >= 4 is 27.3 Å². The van der Waals surface area contributed by atoms with Crippen molar-refractivity contribution in [3.8, 4) is 5.75 Å². The molecule has 0 saturated carbocycles. The molecule has 1 unspecified atom stereocenters. The molecule has 148 valence electrons. The van der Waals surface area contributed by atoms with Crippen molar-refractivity contribution in [2.45, 2.75) is 30.7 Å². The highest BCUT2D eigenvalue weighted by molar-refractivity contribution is 7.90. The van der Waals surface area contributed by atoms with Crippen molar-refractivity contribution in [3.05, 3.63) is 53.6 Å². The molecular weight excluding hydrogens is 380 g/mol. The van der Waals surface area contributed by atoms with Gasteiger partial charge in [0.15, 0.2) is 16.4 Å². The molecule has 1 aliphatic heterocycles. The summed E-state index contributed by atoms with van der Waals surface area (Å²) < 4.78 is 28.6. The topological polar surface area (TPSA) is 102 Å². The van der Waals surface area contributed by atoms with Crippen LogP contribution in [0.25, 0.3) is 0 Å². The monoisotopic (exact) mass is 402 g/mol. The molecule has 0 saturated heterocycles. The van der Waals surface area contributed by atoms with Gasteiger partial charge in [-0.15, -0.1) is 0 Å². The summed E-state index contributed by atoms with van der Waals surface area (Å²) in [4.78, 5) is 23.8. The number of aryl methyl sites for hydroxylation is 1. The Hall–Kier alpha value is -2.87. The molecule has 2 N–H and O–H groups in total. The van der Waals surface area contributed by atoms with Crippen LogP contribution < -0.4 is 15.4 Å². The average molecular weight is 402 g/mol. The zero-order valence-electron chi connectivity index (χ0n) is 15.7. The van der Waals surface area contributed by atoms with E-state index in [4.69, 9.17) is 4.74 Å². The zero-order chi connectivity index (χ0) is 20.3. The summed E-state index contributed by atoms with van der Waals surface area (Å²) in [6.45, 7) is 1.67. The van der Waals surface area contributed by atoms with Crippen LogP contribution in [0.2, 0.25) is 0 Å². The normalized spacial score (nSPS) is 14.6. The largest absolute Gasteiger partial charge is 0.484 e. The second-order valence-electron chi connectivity index (χ2n) is 6.79. The van der Waals surface area contributed by atoms with E-state index < -0.39 is 9.84 Å². The van der Waals surface area contributed by atoms with Gasteiger partial charge in [-0.25, -0.2) is 8.42 Å². The fraction of sp³-hybridized carbons (Fsp3) is 0.300. The summed E-state index contributed by atoms with van der Waals surface area (Å²) in [5.74, 6) is 0.278. The van der Waals surface area contributed by atoms with Crippen LogP contribution in [-0.2, 0) is 25.8 Å². The van der Waals surface area contributed by atoms with Crippen molar-refractivity contribution < 1.29 is 22.7 Å². The second-order valence-corrected chi connectivity index (χ2v) is 8.80. The van der Waals surface area contributed by atoms with Gasteiger partial charge < -0.3 is 15.4 Å². The SMILES string of the molecule is CC(NC(=O)COc1ccc2c(c1)CCC(=O)N2)c1ccc(S(C)(=O)=O)cc1. The number of ether oxygens (including phenoxy) is 1. The maximum absolute atomic E-state index is 12.2. The lowest BCUT2D eigenvalue weighted by Crippen LogP contribution is -2.31. The Morgan fingerprint density at radius 2 is 1.89 bits per heavy atom. The van der Waals surface area contributed by atoms with E-state index in [1.165, 1.54) is 12.1 Å². The Labute approximate surface area is 164 Å². The van der Waals surface area contributed by atoms with E-state index in [1.54, 1.807) is 24.3 Å². The molecule has 2 amide bonds. The van der Waals surface area contributed by atoms with Gasteiger partial charge in [0.2, 0.25) is 5.91 Å². The molecule has 1 aliphatic rings. The molecule has 0 aromatic heterocycles. The molecule has 0 spiro atoms. The average Bonchev–Trinajstić information content (AvgIpc) is 2.65. The number of nitrogens with one attached hydrogen (secondary N) is 2. The fourth-order valence-electron chi connectivity index (χ4n) is 2.97. The number of hydrogen-bond donors (Lipinski definition) is 2. The van der Waals surface area contributed by atoms with Crippen LogP contribution in [0, 0.1) is 0 Å². The van der Waals surface area contributed by atoms with E-state index in [0.717, 1.165) is 23.1 Å². The van der Waals surface area contributed by atoms with Crippen molar-refractivity contribution in [3.63, 3.8) is 0 Å². The predicted octanol–water partition coefficient (Wildman–Crippen LogP) is 2.23. The highest BCUT2D eigenvalue weighted by Gasteiger charge is 2.16. The Balaban J connectivity index is 1.55. The van der Waals surface area contributed by atoms with Crippen LogP contribution in [0.1, 0.15) is 30.5 Å². The maximum atomic E-state index is 12.2. The third-order valence-electron chi connectivity index (χ3n) is 4.53. The first-order valence-electron chi connectivity index (χ1n) is 8.87. The molecular formula is C20H22N2O5S. The number of fused-ring (bicyclic) bond motifs is 1. The first-order chi connectivity index (χ1) is 13.2. The summed E-state index contributed by atoms with van der Waals surface area (Å²) in [6, 6.07) is 11.4. The van der Waals surface area contributed by atoms with Crippen LogP contribution >= 0.6 is 0 Å². The minimum Gasteiger partial charge on any atom is -0.484 e. The van der Waals surface area contributed by atoms with Gasteiger partial charge in [-0.3, -0.25) is 9.59 Å². The van der Waals surface area contributed by atoms with Gasteiger partial charge in [0.1, 0.15) is 5.75 Å². The Bertz CT molecular complexity index is 1000.